The van der Waals surface area contributed by atoms with Crippen molar-refractivity contribution in [2.45, 2.75) is 52.8 Å². The highest BCUT2D eigenvalue weighted by atomic mass is 16.6. The van der Waals surface area contributed by atoms with E-state index in [1.165, 1.54) is 0 Å². The van der Waals surface area contributed by atoms with E-state index < -0.39 is 0 Å². The molecule has 1 aromatic heterocycles. The van der Waals surface area contributed by atoms with Gasteiger partial charge in [-0.2, -0.15) is 0 Å². The molecule has 0 aliphatic heterocycles. The standard InChI is InChI=1S/C14H21N3O3/c1-8-6-15-10(9(2)13(8)17(19)20)7-16-11-5-12(18)14(11,3)4/h6,11-12,16,18H,5,7H2,1-4H3. The summed E-state index contributed by atoms with van der Waals surface area (Å²) in [6.45, 7) is 7.93. The van der Waals surface area contributed by atoms with Crippen LogP contribution in [-0.4, -0.2) is 27.2 Å². The Kier molecular flexibility index (Phi) is 3.80. The van der Waals surface area contributed by atoms with E-state index in [0.717, 1.165) is 0 Å². The van der Waals surface area contributed by atoms with Crippen LogP contribution in [0.1, 0.15) is 37.1 Å². The SMILES string of the molecule is Cc1cnc(CNC2CC(O)C2(C)C)c(C)c1[N+](=O)[O-]. The third-order valence-electron chi connectivity index (χ3n) is 4.49. The molecule has 1 aliphatic carbocycles. The lowest BCUT2D eigenvalue weighted by Gasteiger charge is -2.49. The zero-order chi connectivity index (χ0) is 15.1. The molecule has 0 spiro atoms. The number of aliphatic hydroxyl groups excluding tert-OH is 1. The topological polar surface area (TPSA) is 88.3 Å². The highest BCUT2D eigenvalue weighted by Crippen LogP contribution is 2.40. The van der Waals surface area contributed by atoms with Crippen LogP contribution >= 0.6 is 0 Å². The van der Waals surface area contributed by atoms with E-state index in [1.807, 2.05) is 13.8 Å². The molecule has 0 radical (unpaired) electrons. The Hall–Kier alpha value is -1.53. The van der Waals surface area contributed by atoms with Gasteiger partial charge in [0.2, 0.25) is 0 Å². The van der Waals surface area contributed by atoms with Crippen molar-refractivity contribution in [2.75, 3.05) is 0 Å². The number of nitrogens with one attached hydrogen (secondary N) is 1. The van der Waals surface area contributed by atoms with Crippen molar-refractivity contribution in [3.05, 3.63) is 33.1 Å². The molecule has 110 valence electrons. The summed E-state index contributed by atoms with van der Waals surface area (Å²) < 4.78 is 0. The van der Waals surface area contributed by atoms with Crippen LogP contribution in [0.3, 0.4) is 0 Å². The van der Waals surface area contributed by atoms with Crippen LogP contribution in [0.25, 0.3) is 0 Å². The van der Waals surface area contributed by atoms with Crippen molar-refractivity contribution >= 4 is 5.69 Å². The molecule has 6 heteroatoms. The first-order valence-corrected chi connectivity index (χ1v) is 6.76. The molecule has 2 N–H and O–H groups in total. The van der Waals surface area contributed by atoms with Crippen LogP contribution in [0.4, 0.5) is 5.69 Å². The van der Waals surface area contributed by atoms with Gasteiger partial charge in [-0.1, -0.05) is 13.8 Å². The number of hydrogen-bond donors (Lipinski definition) is 2. The highest BCUT2D eigenvalue weighted by Gasteiger charge is 2.46. The zero-order valence-corrected chi connectivity index (χ0v) is 12.3. The van der Waals surface area contributed by atoms with E-state index in [9.17, 15) is 15.2 Å². The summed E-state index contributed by atoms with van der Waals surface area (Å²) in [5.41, 5.74) is 1.87. The summed E-state index contributed by atoms with van der Waals surface area (Å²) in [7, 11) is 0. The molecular formula is C14H21N3O3. The number of nitrogens with zero attached hydrogens (tertiary/aromatic N) is 2. The smallest absolute Gasteiger partial charge is 0.278 e. The molecule has 1 aromatic rings. The van der Waals surface area contributed by atoms with Crippen LogP contribution in [0, 0.1) is 29.4 Å². The maximum absolute atomic E-state index is 11.1. The first-order valence-electron chi connectivity index (χ1n) is 6.76. The van der Waals surface area contributed by atoms with Crippen molar-refractivity contribution in [2.24, 2.45) is 5.41 Å². The van der Waals surface area contributed by atoms with Gasteiger partial charge in [0.25, 0.3) is 5.69 Å². The second-order valence-corrected chi connectivity index (χ2v) is 6.12. The summed E-state index contributed by atoms with van der Waals surface area (Å²) in [6, 6.07) is 0.207. The normalized spacial score (nSPS) is 24.2. The molecule has 6 nitrogen and oxygen atoms in total. The Morgan fingerprint density at radius 3 is 2.70 bits per heavy atom. The Bertz CT molecular complexity index is 543. The lowest BCUT2D eigenvalue weighted by Crippen LogP contribution is -2.59. The quantitative estimate of drug-likeness (QED) is 0.648. The molecule has 0 aromatic carbocycles. The summed E-state index contributed by atoms with van der Waals surface area (Å²) in [4.78, 5) is 15.0. The van der Waals surface area contributed by atoms with Crippen LogP contribution in [0.5, 0.6) is 0 Å². The minimum atomic E-state index is -0.354. The molecule has 0 amide bonds. The molecule has 2 rings (SSSR count). The molecule has 0 saturated heterocycles. The average molecular weight is 279 g/mol. The van der Waals surface area contributed by atoms with Crippen molar-refractivity contribution < 1.29 is 10.0 Å². The number of rotatable bonds is 4. The third-order valence-corrected chi connectivity index (χ3v) is 4.49. The predicted octanol–water partition coefficient (Wildman–Crippen LogP) is 1.86. The van der Waals surface area contributed by atoms with E-state index >= 15 is 0 Å². The van der Waals surface area contributed by atoms with Gasteiger partial charge in [-0.15, -0.1) is 0 Å². The van der Waals surface area contributed by atoms with Crippen molar-refractivity contribution in [1.29, 1.82) is 0 Å². The van der Waals surface area contributed by atoms with E-state index in [2.05, 4.69) is 10.3 Å². The molecule has 20 heavy (non-hydrogen) atoms. The Balaban J connectivity index is 2.12. The Morgan fingerprint density at radius 1 is 1.55 bits per heavy atom. The van der Waals surface area contributed by atoms with Crippen LogP contribution in [0.15, 0.2) is 6.20 Å². The largest absolute Gasteiger partial charge is 0.392 e. The third kappa shape index (κ3) is 2.41. The maximum Gasteiger partial charge on any atom is 0.278 e. The monoisotopic (exact) mass is 279 g/mol. The van der Waals surface area contributed by atoms with E-state index in [1.54, 1.807) is 20.0 Å². The molecule has 2 atom stereocenters. The first kappa shape index (κ1) is 14.9. The van der Waals surface area contributed by atoms with Gasteiger partial charge in [0, 0.05) is 35.3 Å². The molecule has 1 heterocycles. The fourth-order valence-corrected chi connectivity index (χ4v) is 2.69. The zero-order valence-electron chi connectivity index (χ0n) is 12.3. The number of pyridine rings is 1. The van der Waals surface area contributed by atoms with Gasteiger partial charge in [-0.05, 0) is 20.3 Å². The summed E-state index contributed by atoms with van der Waals surface area (Å²) >= 11 is 0. The minimum Gasteiger partial charge on any atom is -0.392 e. The van der Waals surface area contributed by atoms with Crippen LogP contribution < -0.4 is 5.32 Å². The van der Waals surface area contributed by atoms with Crippen LogP contribution in [0.2, 0.25) is 0 Å². The molecule has 1 aliphatic rings. The number of aromatic nitrogens is 1. The van der Waals surface area contributed by atoms with Gasteiger partial charge < -0.3 is 10.4 Å². The second-order valence-electron chi connectivity index (χ2n) is 6.12. The van der Waals surface area contributed by atoms with Gasteiger partial charge in [0.05, 0.1) is 16.7 Å². The fraction of sp³-hybridized carbons (Fsp3) is 0.643. The van der Waals surface area contributed by atoms with Gasteiger partial charge >= 0.3 is 0 Å². The van der Waals surface area contributed by atoms with Crippen LogP contribution in [-0.2, 0) is 6.54 Å². The summed E-state index contributed by atoms with van der Waals surface area (Å²) in [5.74, 6) is 0. The van der Waals surface area contributed by atoms with Gasteiger partial charge in [-0.3, -0.25) is 15.1 Å². The lowest BCUT2D eigenvalue weighted by atomic mass is 9.64. The second kappa shape index (κ2) is 5.10. The highest BCUT2D eigenvalue weighted by molar-refractivity contribution is 5.47. The number of aliphatic hydroxyl groups is 1. The molecule has 0 bridgehead atoms. The van der Waals surface area contributed by atoms with E-state index in [-0.39, 0.29) is 28.2 Å². The number of nitro groups is 1. The fourth-order valence-electron chi connectivity index (χ4n) is 2.69. The number of hydrogen-bond acceptors (Lipinski definition) is 5. The lowest BCUT2D eigenvalue weighted by molar-refractivity contribution is -0.386. The van der Waals surface area contributed by atoms with Crippen molar-refractivity contribution in [1.82, 2.24) is 10.3 Å². The predicted molar refractivity (Wildman–Crippen MR) is 75.4 cm³/mol. The van der Waals surface area contributed by atoms with Crippen molar-refractivity contribution in [3.8, 4) is 0 Å². The summed E-state index contributed by atoms with van der Waals surface area (Å²) in [6.07, 6.45) is 1.96. The maximum atomic E-state index is 11.1. The molecule has 1 saturated carbocycles. The Morgan fingerprint density at radius 2 is 2.20 bits per heavy atom. The average Bonchev–Trinajstić information content (AvgIpc) is 2.36. The first-order chi connectivity index (χ1) is 9.25. The van der Waals surface area contributed by atoms with E-state index in [4.69, 9.17) is 0 Å². The number of aryl methyl sites for hydroxylation is 1. The van der Waals surface area contributed by atoms with E-state index in [0.29, 0.717) is 29.8 Å². The van der Waals surface area contributed by atoms with Gasteiger partial charge in [-0.25, -0.2) is 0 Å². The van der Waals surface area contributed by atoms with Crippen molar-refractivity contribution in [3.63, 3.8) is 0 Å². The Labute approximate surface area is 118 Å². The molecule has 1 fully saturated rings. The van der Waals surface area contributed by atoms with Gasteiger partial charge in [0.15, 0.2) is 0 Å². The summed E-state index contributed by atoms with van der Waals surface area (Å²) in [5, 5.41) is 24.1. The molecular weight excluding hydrogens is 258 g/mol. The minimum absolute atomic E-state index is 0.143. The molecule has 2 unspecified atom stereocenters. The van der Waals surface area contributed by atoms with Gasteiger partial charge in [0.1, 0.15) is 0 Å².